The van der Waals surface area contributed by atoms with E-state index in [-0.39, 0.29) is 5.92 Å². The Hall–Kier alpha value is -1.46. The fourth-order valence-electron chi connectivity index (χ4n) is 4.93. The Morgan fingerprint density at radius 2 is 1.85 bits per heavy atom. The molecule has 5 nitrogen and oxygen atoms in total. The molecule has 3 aliphatic heterocycles. The Kier molecular flexibility index (Phi) is 5.85. The summed E-state index contributed by atoms with van der Waals surface area (Å²) in [5, 5.41) is 0. The Labute approximate surface area is 157 Å². The normalized spacial score (nSPS) is 26.3. The van der Waals surface area contributed by atoms with Gasteiger partial charge >= 0.3 is 0 Å². The summed E-state index contributed by atoms with van der Waals surface area (Å²) in [4.78, 5) is 24.3. The molecule has 0 bridgehead atoms. The molecule has 3 saturated heterocycles. The predicted molar refractivity (Wildman–Crippen MR) is 103 cm³/mol. The van der Waals surface area contributed by atoms with Crippen LogP contribution < -0.4 is 0 Å². The number of piperidine rings is 2. The molecule has 0 spiro atoms. The van der Waals surface area contributed by atoms with E-state index in [0.717, 1.165) is 45.7 Å². The molecular weight excluding hydrogens is 324 g/mol. The van der Waals surface area contributed by atoms with Crippen molar-refractivity contribution in [3.8, 4) is 0 Å². The van der Waals surface area contributed by atoms with E-state index in [9.17, 15) is 4.79 Å². The molecule has 1 aromatic heterocycles. The van der Waals surface area contributed by atoms with E-state index in [1.165, 1.54) is 44.2 Å². The Morgan fingerprint density at radius 1 is 1.04 bits per heavy atom. The molecule has 3 fully saturated rings. The van der Waals surface area contributed by atoms with Crippen molar-refractivity contribution in [3.05, 3.63) is 30.1 Å². The molecule has 5 heteroatoms. The predicted octanol–water partition coefficient (Wildman–Crippen LogP) is 2.38. The first-order valence-electron chi connectivity index (χ1n) is 10.4. The highest BCUT2D eigenvalue weighted by Crippen LogP contribution is 2.26. The molecule has 142 valence electrons. The molecule has 26 heavy (non-hydrogen) atoms. The zero-order valence-electron chi connectivity index (χ0n) is 15.9. The van der Waals surface area contributed by atoms with Gasteiger partial charge in [0.25, 0.3) is 0 Å². The lowest BCUT2D eigenvalue weighted by molar-refractivity contribution is -0.136. The summed E-state index contributed by atoms with van der Waals surface area (Å²) in [5.41, 5.74) is 1.31. The second-order valence-electron chi connectivity index (χ2n) is 8.24. The zero-order valence-corrected chi connectivity index (χ0v) is 15.9. The molecule has 1 atom stereocenters. The molecular formula is C21H32N4O. The minimum Gasteiger partial charge on any atom is -0.342 e. The number of rotatable bonds is 4. The van der Waals surface area contributed by atoms with Crippen LogP contribution in [0.5, 0.6) is 0 Å². The summed E-state index contributed by atoms with van der Waals surface area (Å²) < 4.78 is 0. The second-order valence-corrected chi connectivity index (χ2v) is 8.24. The van der Waals surface area contributed by atoms with Gasteiger partial charge in [-0.1, -0.05) is 6.07 Å². The first-order chi connectivity index (χ1) is 12.8. The largest absolute Gasteiger partial charge is 0.342 e. The van der Waals surface area contributed by atoms with Crippen LogP contribution in [0.3, 0.4) is 0 Å². The average molecular weight is 357 g/mol. The van der Waals surface area contributed by atoms with Crippen LogP contribution in [0, 0.1) is 5.92 Å². The third-order valence-electron chi connectivity index (χ3n) is 6.42. The first-order valence-corrected chi connectivity index (χ1v) is 10.4. The Balaban J connectivity index is 1.26. The number of carbonyl (C=O) groups is 1. The van der Waals surface area contributed by atoms with Crippen LogP contribution in [0.1, 0.15) is 44.1 Å². The van der Waals surface area contributed by atoms with Gasteiger partial charge in [-0.2, -0.15) is 0 Å². The van der Waals surface area contributed by atoms with E-state index < -0.39 is 0 Å². The van der Waals surface area contributed by atoms with Crippen LogP contribution in [-0.4, -0.2) is 70.9 Å². The summed E-state index contributed by atoms with van der Waals surface area (Å²) in [6.45, 7) is 7.46. The van der Waals surface area contributed by atoms with Gasteiger partial charge in [-0.3, -0.25) is 19.6 Å². The van der Waals surface area contributed by atoms with Crippen LogP contribution in [0.15, 0.2) is 24.5 Å². The zero-order chi connectivity index (χ0) is 17.8. The van der Waals surface area contributed by atoms with Gasteiger partial charge in [-0.05, 0) is 69.8 Å². The number of hydrogen-bond acceptors (Lipinski definition) is 4. The number of likely N-dealkylation sites (tertiary alicyclic amines) is 3. The van der Waals surface area contributed by atoms with Crippen molar-refractivity contribution in [1.29, 1.82) is 0 Å². The van der Waals surface area contributed by atoms with Gasteiger partial charge in [0.15, 0.2) is 0 Å². The third kappa shape index (κ3) is 4.26. The van der Waals surface area contributed by atoms with Crippen molar-refractivity contribution in [2.75, 3.05) is 39.3 Å². The number of amides is 1. The van der Waals surface area contributed by atoms with E-state index >= 15 is 0 Å². The van der Waals surface area contributed by atoms with Gasteiger partial charge in [-0.15, -0.1) is 0 Å². The smallest absolute Gasteiger partial charge is 0.226 e. The van der Waals surface area contributed by atoms with Crippen LogP contribution in [0.2, 0.25) is 0 Å². The summed E-state index contributed by atoms with van der Waals surface area (Å²) in [7, 11) is 0. The summed E-state index contributed by atoms with van der Waals surface area (Å²) >= 11 is 0. The molecule has 0 radical (unpaired) electrons. The second kappa shape index (κ2) is 8.49. The lowest BCUT2D eigenvalue weighted by Crippen LogP contribution is -2.51. The quantitative estimate of drug-likeness (QED) is 0.830. The van der Waals surface area contributed by atoms with Gasteiger partial charge in [0, 0.05) is 44.6 Å². The number of pyridine rings is 1. The molecule has 0 aromatic carbocycles. The van der Waals surface area contributed by atoms with Gasteiger partial charge in [0.05, 0.1) is 5.92 Å². The molecule has 1 aromatic rings. The van der Waals surface area contributed by atoms with Crippen molar-refractivity contribution in [3.63, 3.8) is 0 Å². The van der Waals surface area contributed by atoms with Crippen LogP contribution in [-0.2, 0) is 11.3 Å². The molecule has 4 rings (SSSR count). The number of aromatic nitrogens is 1. The van der Waals surface area contributed by atoms with E-state index in [4.69, 9.17) is 0 Å². The van der Waals surface area contributed by atoms with Crippen molar-refractivity contribution in [2.24, 2.45) is 5.92 Å². The van der Waals surface area contributed by atoms with Gasteiger partial charge in [-0.25, -0.2) is 0 Å². The maximum atomic E-state index is 12.8. The minimum atomic E-state index is 0.246. The summed E-state index contributed by atoms with van der Waals surface area (Å²) in [5.74, 6) is 0.677. The third-order valence-corrected chi connectivity index (χ3v) is 6.42. The van der Waals surface area contributed by atoms with Crippen molar-refractivity contribution in [1.82, 2.24) is 19.7 Å². The fraction of sp³-hybridized carbons (Fsp3) is 0.714. The lowest BCUT2D eigenvalue weighted by Gasteiger charge is -2.42. The summed E-state index contributed by atoms with van der Waals surface area (Å²) in [6.07, 6.45) is 10.9. The minimum absolute atomic E-state index is 0.246. The van der Waals surface area contributed by atoms with Gasteiger partial charge in [0.1, 0.15) is 0 Å². The highest BCUT2D eigenvalue weighted by atomic mass is 16.2. The van der Waals surface area contributed by atoms with Crippen molar-refractivity contribution < 1.29 is 4.79 Å². The van der Waals surface area contributed by atoms with E-state index in [0.29, 0.717) is 11.9 Å². The topological polar surface area (TPSA) is 39.7 Å². The SMILES string of the molecule is O=C([C@@H]1CCCN(C2CCN(Cc3cccnc3)CC2)C1)N1CCCC1. The molecule has 4 heterocycles. The van der Waals surface area contributed by atoms with Crippen LogP contribution >= 0.6 is 0 Å². The van der Waals surface area contributed by atoms with E-state index in [2.05, 4.69) is 25.8 Å². The van der Waals surface area contributed by atoms with Gasteiger partial charge < -0.3 is 4.90 Å². The standard InChI is InChI=1S/C21H32N4O/c26-21(24-10-1-2-11-24)19-6-4-12-25(17-19)20-7-13-23(14-8-20)16-18-5-3-9-22-15-18/h3,5,9,15,19-20H,1-2,4,6-8,10-14,16-17H2/t19-/m1/s1. The number of carbonyl (C=O) groups excluding carboxylic acids is 1. The maximum Gasteiger partial charge on any atom is 0.226 e. The highest BCUT2D eigenvalue weighted by molar-refractivity contribution is 5.79. The van der Waals surface area contributed by atoms with Crippen molar-refractivity contribution >= 4 is 5.91 Å². The summed E-state index contributed by atoms with van der Waals surface area (Å²) in [6, 6.07) is 4.85. The van der Waals surface area contributed by atoms with Crippen LogP contribution in [0.25, 0.3) is 0 Å². The molecule has 0 aliphatic carbocycles. The molecule has 0 unspecified atom stereocenters. The van der Waals surface area contributed by atoms with Gasteiger partial charge in [0.2, 0.25) is 5.91 Å². The molecule has 0 N–H and O–H groups in total. The maximum absolute atomic E-state index is 12.8. The number of hydrogen-bond donors (Lipinski definition) is 0. The highest BCUT2D eigenvalue weighted by Gasteiger charge is 2.34. The molecule has 3 aliphatic rings. The molecule has 1 amide bonds. The Bertz CT molecular complexity index is 579. The fourth-order valence-corrected chi connectivity index (χ4v) is 4.93. The van der Waals surface area contributed by atoms with Crippen molar-refractivity contribution in [2.45, 2.75) is 51.1 Å². The van der Waals surface area contributed by atoms with E-state index in [1.807, 2.05) is 18.5 Å². The number of nitrogens with zero attached hydrogens (tertiary/aromatic N) is 4. The Morgan fingerprint density at radius 3 is 2.58 bits per heavy atom. The lowest BCUT2D eigenvalue weighted by atomic mass is 9.93. The monoisotopic (exact) mass is 356 g/mol. The van der Waals surface area contributed by atoms with E-state index in [1.54, 1.807) is 0 Å². The van der Waals surface area contributed by atoms with Crippen LogP contribution in [0.4, 0.5) is 0 Å². The average Bonchev–Trinajstić information content (AvgIpc) is 3.24. The first kappa shape index (κ1) is 17.9. The molecule has 0 saturated carbocycles.